The van der Waals surface area contributed by atoms with Crippen LogP contribution in [-0.4, -0.2) is 84.4 Å². The summed E-state index contributed by atoms with van der Waals surface area (Å²) in [4.78, 5) is 27.2. The second-order valence-corrected chi connectivity index (χ2v) is 5.00. The van der Waals surface area contributed by atoms with Crippen molar-refractivity contribution in [2.24, 2.45) is 0 Å². The Labute approximate surface area is 113 Å². The highest BCUT2D eigenvalue weighted by atomic mass is 16.5. The van der Waals surface area contributed by atoms with Crippen molar-refractivity contribution in [2.75, 3.05) is 46.1 Å². The zero-order valence-corrected chi connectivity index (χ0v) is 11.6. The summed E-state index contributed by atoms with van der Waals surface area (Å²) in [7, 11) is 0. The molecular weight excluding hydrogens is 250 g/mol. The maximum absolute atomic E-state index is 10.8. The van der Waals surface area contributed by atoms with Crippen LogP contribution in [0.2, 0.25) is 0 Å². The van der Waals surface area contributed by atoms with Gasteiger partial charge in [0.25, 0.3) is 6.47 Å². The molecule has 7 heteroatoms. The molecule has 0 aromatic heterocycles. The van der Waals surface area contributed by atoms with E-state index in [1.807, 2.05) is 9.80 Å². The second kappa shape index (κ2) is 8.08. The standard InChI is InChI=1S/C12H23N3O4/c1-11(2)15-6-5-13(7-12(17)18)3-4-14(8-15)9-19-10-16/h10-11H,3-9H2,1-2H3,(H,17,18). The minimum absolute atomic E-state index is 0.0499. The number of hydrogen-bond donors (Lipinski definition) is 1. The number of carbonyl (C=O) groups excluding carboxylic acids is 1. The van der Waals surface area contributed by atoms with E-state index in [0.717, 1.165) is 19.8 Å². The molecule has 0 spiro atoms. The predicted molar refractivity (Wildman–Crippen MR) is 69.5 cm³/mol. The van der Waals surface area contributed by atoms with Crippen LogP contribution >= 0.6 is 0 Å². The van der Waals surface area contributed by atoms with E-state index in [2.05, 4.69) is 18.7 Å². The van der Waals surface area contributed by atoms with Gasteiger partial charge in [-0.1, -0.05) is 0 Å². The molecule has 0 atom stereocenters. The van der Waals surface area contributed by atoms with E-state index in [1.165, 1.54) is 0 Å². The zero-order chi connectivity index (χ0) is 14.3. The topological polar surface area (TPSA) is 73.3 Å². The SMILES string of the molecule is CC(C)N1CCN(CC(=O)O)CCN(COC=O)C1. The van der Waals surface area contributed by atoms with Crippen LogP contribution in [0, 0.1) is 0 Å². The fourth-order valence-corrected chi connectivity index (χ4v) is 2.07. The Kier molecular flexibility index (Phi) is 6.75. The lowest BCUT2D eigenvalue weighted by Crippen LogP contribution is -2.51. The predicted octanol–water partition coefficient (Wildman–Crippen LogP) is -0.513. The van der Waals surface area contributed by atoms with E-state index < -0.39 is 5.97 Å². The number of carboxylic acid groups (broad SMARTS) is 1. The van der Waals surface area contributed by atoms with Gasteiger partial charge >= 0.3 is 5.97 Å². The molecule has 0 bridgehead atoms. The smallest absolute Gasteiger partial charge is 0.317 e. The molecule has 19 heavy (non-hydrogen) atoms. The molecule has 1 rings (SSSR count). The van der Waals surface area contributed by atoms with Crippen molar-refractivity contribution in [3.63, 3.8) is 0 Å². The monoisotopic (exact) mass is 273 g/mol. The van der Waals surface area contributed by atoms with Gasteiger partial charge in [0.15, 0.2) is 0 Å². The van der Waals surface area contributed by atoms with Crippen LogP contribution in [0.4, 0.5) is 0 Å². The maximum atomic E-state index is 10.8. The Morgan fingerprint density at radius 3 is 2.47 bits per heavy atom. The number of carbonyl (C=O) groups is 2. The van der Waals surface area contributed by atoms with Crippen molar-refractivity contribution in [3.8, 4) is 0 Å². The van der Waals surface area contributed by atoms with Crippen molar-refractivity contribution in [1.82, 2.24) is 14.7 Å². The summed E-state index contributed by atoms with van der Waals surface area (Å²) < 4.78 is 4.80. The van der Waals surface area contributed by atoms with Crippen molar-refractivity contribution >= 4 is 12.4 Å². The first kappa shape index (κ1) is 15.9. The molecule has 1 N–H and O–H groups in total. The second-order valence-electron chi connectivity index (χ2n) is 5.00. The minimum Gasteiger partial charge on any atom is -0.480 e. The van der Waals surface area contributed by atoms with Gasteiger partial charge in [0.05, 0.1) is 13.2 Å². The Hall–Kier alpha value is -1.18. The van der Waals surface area contributed by atoms with Crippen LogP contribution < -0.4 is 0 Å². The highest BCUT2D eigenvalue weighted by Gasteiger charge is 2.21. The molecule has 0 aromatic carbocycles. The normalized spacial score (nSPS) is 19.9. The molecular formula is C12H23N3O4. The van der Waals surface area contributed by atoms with Gasteiger partial charge in [-0.2, -0.15) is 0 Å². The lowest BCUT2D eigenvalue weighted by molar-refractivity contribution is -0.138. The third-order valence-electron chi connectivity index (χ3n) is 3.23. The number of rotatable bonds is 6. The lowest BCUT2D eigenvalue weighted by atomic mass is 10.3. The van der Waals surface area contributed by atoms with Crippen LogP contribution in [0.3, 0.4) is 0 Å². The number of carboxylic acids is 1. The van der Waals surface area contributed by atoms with Crippen LogP contribution in [0.5, 0.6) is 0 Å². The molecule has 1 aliphatic heterocycles. The fraction of sp³-hybridized carbons (Fsp3) is 0.833. The maximum Gasteiger partial charge on any atom is 0.317 e. The molecule has 0 aromatic rings. The Morgan fingerprint density at radius 1 is 1.26 bits per heavy atom. The van der Waals surface area contributed by atoms with Gasteiger partial charge in [0.1, 0.15) is 6.73 Å². The number of hydrogen-bond acceptors (Lipinski definition) is 6. The van der Waals surface area contributed by atoms with E-state index in [-0.39, 0.29) is 13.3 Å². The first-order valence-electron chi connectivity index (χ1n) is 6.48. The average Bonchev–Trinajstić information content (AvgIpc) is 2.31. The molecule has 0 unspecified atom stereocenters. The third kappa shape index (κ3) is 6.00. The summed E-state index contributed by atoms with van der Waals surface area (Å²) in [5.41, 5.74) is 0. The van der Waals surface area contributed by atoms with Crippen molar-refractivity contribution in [3.05, 3.63) is 0 Å². The van der Waals surface area contributed by atoms with Crippen LogP contribution in [0.1, 0.15) is 13.8 Å². The summed E-state index contributed by atoms with van der Waals surface area (Å²) in [6.45, 7) is 8.56. The molecule has 0 radical (unpaired) electrons. The van der Waals surface area contributed by atoms with Gasteiger partial charge in [-0.3, -0.25) is 24.3 Å². The molecule has 7 nitrogen and oxygen atoms in total. The third-order valence-corrected chi connectivity index (χ3v) is 3.23. The zero-order valence-electron chi connectivity index (χ0n) is 11.6. The lowest BCUT2D eigenvalue weighted by Gasteiger charge is -2.37. The largest absolute Gasteiger partial charge is 0.480 e. The molecule has 0 amide bonds. The van der Waals surface area contributed by atoms with Gasteiger partial charge in [-0.25, -0.2) is 0 Å². The Morgan fingerprint density at radius 2 is 1.89 bits per heavy atom. The molecule has 1 saturated heterocycles. The number of nitrogens with zero attached hydrogens (tertiary/aromatic N) is 3. The summed E-state index contributed by atoms with van der Waals surface area (Å²) in [6, 6.07) is 0.364. The van der Waals surface area contributed by atoms with Crippen molar-refractivity contribution < 1.29 is 19.4 Å². The summed E-state index contributed by atoms with van der Waals surface area (Å²) in [5.74, 6) is -0.813. The van der Waals surface area contributed by atoms with Gasteiger partial charge in [0.2, 0.25) is 0 Å². The first-order valence-corrected chi connectivity index (χ1v) is 6.48. The average molecular weight is 273 g/mol. The summed E-state index contributed by atoms with van der Waals surface area (Å²) >= 11 is 0. The molecule has 0 saturated carbocycles. The Balaban J connectivity index is 2.59. The summed E-state index contributed by atoms with van der Waals surface area (Å²) in [5, 5.41) is 8.87. The highest BCUT2D eigenvalue weighted by Crippen LogP contribution is 2.06. The van der Waals surface area contributed by atoms with Gasteiger partial charge in [-0.05, 0) is 13.8 Å². The highest BCUT2D eigenvalue weighted by molar-refractivity contribution is 5.69. The number of aliphatic carboxylic acids is 1. The molecule has 1 aliphatic rings. The van der Waals surface area contributed by atoms with Gasteiger partial charge < -0.3 is 9.84 Å². The van der Waals surface area contributed by atoms with E-state index in [4.69, 9.17) is 9.84 Å². The van der Waals surface area contributed by atoms with E-state index >= 15 is 0 Å². The van der Waals surface area contributed by atoms with Gasteiger partial charge in [-0.15, -0.1) is 0 Å². The van der Waals surface area contributed by atoms with Gasteiger partial charge in [0, 0.05) is 32.2 Å². The summed E-state index contributed by atoms with van der Waals surface area (Å²) in [6.07, 6.45) is 0. The molecule has 1 fully saturated rings. The van der Waals surface area contributed by atoms with Crippen molar-refractivity contribution in [2.45, 2.75) is 19.9 Å². The van der Waals surface area contributed by atoms with Crippen molar-refractivity contribution in [1.29, 1.82) is 0 Å². The Bertz CT molecular complexity index is 299. The van der Waals surface area contributed by atoms with E-state index in [9.17, 15) is 9.59 Å². The molecule has 0 aliphatic carbocycles. The van der Waals surface area contributed by atoms with Crippen LogP contribution in [0.25, 0.3) is 0 Å². The molecule has 1 heterocycles. The fourth-order valence-electron chi connectivity index (χ4n) is 2.07. The first-order chi connectivity index (χ1) is 9.02. The quantitative estimate of drug-likeness (QED) is 0.653. The number of ether oxygens (including phenoxy) is 1. The minimum atomic E-state index is -0.813. The van der Waals surface area contributed by atoms with Crippen LogP contribution in [-0.2, 0) is 14.3 Å². The van der Waals surface area contributed by atoms with Crippen LogP contribution in [0.15, 0.2) is 0 Å². The van der Waals surface area contributed by atoms with E-state index in [0.29, 0.717) is 25.6 Å². The van der Waals surface area contributed by atoms with E-state index in [1.54, 1.807) is 0 Å². The molecule has 110 valence electrons.